The minimum atomic E-state index is -1.25. The number of hydrogen-bond acceptors (Lipinski definition) is 4. The molecule has 0 unspecified atom stereocenters. The smallest absolute Gasteiger partial charge is 0.326 e. The third kappa shape index (κ3) is 9.67. The number of carbonyl (C=O) groups is 3. The van der Waals surface area contributed by atoms with Gasteiger partial charge in [-0.15, -0.1) is 0 Å². The molecule has 0 aliphatic rings. The van der Waals surface area contributed by atoms with E-state index in [2.05, 4.69) is 10.6 Å². The van der Waals surface area contributed by atoms with Crippen LogP contribution in [0.5, 0.6) is 0 Å². The van der Waals surface area contributed by atoms with Gasteiger partial charge in [0.25, 0.3) is 0 Å². The molecule has 0 radical (unpaired) electrons. The van der Waals surface area contributed by atoms with Gasteiger partial charge in [0, 0.05) is 19.5 Å². The first-order valence-electron chi connectivity index (χ1n) is 6.67. The zero-order valence-corrected chi connectivity index (χ0v) is 13.0. The predicted molar refractivity (Wildman–Crippen MR) is 77.2 cm³/mol. The molecule has 8 heteroatoms. The highest BCUT2D eigenvalue weighted by Gasteiger charge is 2.23. The van der Waals surface area contributed by atoms with E-state index >= 15 is 0 Å². The van der Waals surface area contributed by atoms with Crippen LogP contribution >= 0.6 is 0 Å². The molecule has 0 fully saturated rings. The second-order valence-electron chi connectivity index (χ2n) is 6.05. The lowest BCUT2D eigenvalue weighted by Crippen LogP contribution is -2.49. The molecule has 122 valence electrons. The van der Waals surface area contributed by atoms with E-state index < -0.39 is 24.0 Å². The lowest BCUT2D eigenvalue weighted by molar-refractivity contribution is -0.140. The number of nitrogens with zero attached hydrogens (tertiary/aromatic N) is 1. The van der Waals surface area contributed by atoms with Crippen LogP contribution in [0.1, 0.15) is 26.7 Å². The zero-order chi connectivity index (χ0) is 16.6. The van der Waals surface area contributed by atoms with E-state index in [1.54, 1.807) is 0 Å². The van der Waals surface area contributed by atoms with Gasteiger partial charge in [0.15, 0.2) is 0 Å². The molecule has 0 saturated heterocycles. The monoisotopic (exact) mass is 303 g/mol. The molecule has 0 spiro atoms. The van der Waals surface area contributed by atoms with Crippen LogP contribution in [0, 0.1) is 5.41 Å². The van der Waals surface area contributed by atoms with Crippen LogP contribution in [0.3, 0.4) is 0 Å². The van der Waals surface area contributed by atoms with Gasteiger partial charge < -0.3 is 25.7 Å². The fourth-order valence-corrected chi connectivity index (χ4v) is 1.97. The van der Waals surface area contributed by atoms with Crippen molar-refractivity contribution in [3.05, 3.63) is 0 Å². The van der Waals surface area contributed by atoms with Crippen LogP contribution < -0.4 is 10.6 Å². The molecule has 0 aliphatic carbocycles. The Balaban J connectivity index is 4.32. The van der Waals surface area contributed by atoms with Crippen molar-refractivity contribution in [3.63, 3.8) is 0 Å². The third-order valence-electron chi connectivity index (χ3n) is 2.72. The van der Waals surface area contributed by atoms with Crippen molar-refractivity contribution in [2.75, 3.05) is 27.2 Å². The Morgan fingerprint density at radius 2 is 1.76 bits per heavy atom. The van der Waals surface area contributed by atoms with Crippen LogP contribution in [-0.4, -0.2) is 66.3 Å². The average molecular weight is 303 g/mol. The van der Waals surface area contributed by atoms with Gasteiger partial charge >= 0.3 is 18.0 Å². The van der Waals surface area contributed by atoms with Gasteiger partial charge in [-0.05, 0) is 25.9 Å². The fourth-order valence-electron chi connectivity index (χ4n) is 1.97. The van der Waals surface area contributed by atoms with Crippen LogP contribution in [0.15, 0.2) is 0 Å². The molecule has 4 N–H and O–H groups in total. The average Bonchev–Trinajstić information content (AvgIpc) is 2.29. The van der Waals surface area contributed by atoms with E-state index in [9.17, 15) is 14.4 Å². The summed E-state index contributed by atoms with van der Waals surface area (Å²) >= 11 is 0. The predicted octanol–water partition coefficient (Wildman–Crippen LogP) is 0.191. The normalized spacial score (nSPS) is 12.8. The summed E-state index contributed by atoms with van der Waals surface area (Å²) < 4.78 is 0. The SMILES string of the molecule is CN(C)CC(C)(C)CNC(=O)N[C@@H](CCC(=O)O)C(=O)O. The number of nitrogens with one attached hydrogen (secondary N) is 2. The molecule has 2 amide bonds. The van der Waals surface area contributed by atoms with Crippen molar-refractivity contribution in [2.24, 2.45) is 5.41 Å². The van der Waals surface area contributed by atoms with E-state index in [0.717, 1.165) is 6.54 Å². The highest BCUT2D eigenvalue weighted by atomic mass is 16.4. The van der Waals surface area contributed by atoms with E-state index in [4.69, 9.17) is 10.2 Å². The first-order valence-corrected chi connectivity index (χ1v) is 6.67. The van der Waals surface area contributed by atoms with E-state index in [1.165, 1.54) is 0 Å². The minimum Gasteiger partial charge on any atom is -0.481 e. The standard InChI is InChI=1S/C13H25N3O5/c1-13(2,8-16(3)4)7-14-12(21)15-9(11(19)20)5-6-10(17)18/h9H,5-8H2,1-4H3,(H,17,18)(H,19,20)(H2,14,15,21)/t9-/m0/s1. The van der Waals surface area contributed by atoms with Crippen molar-refractivity contribution in [2.45, 2.75) is 32.7 Å². The lowest BCUT2D eigenvalue weighted by Gasteiger charge is -2.28. The maximum absolute atomic E-state index is 11.7. The summed E-state index contributed by atoms with van der Waals surface area (Å²) in [5, 5.41) is 22.4. The Labute approximate surface area is 124 Å². The summed E-state index contributed by atoms with van der Waals surface area (Å²) in [6, 6.07) is -1.82. The summed E-state index contributed by atoms with van der Waals surface area (Å²) in [5.74, 6) is -2.35. The third-order valence-corrected chi connectivity index (χ3v) is 2.72. The number of rotatable bonds is 9. The van der Waals surface area contributed by atoms with Crippen LogP contribution in [-0.2, 0) is 9.59 Å². The second-order valence-corrected chi connectivity index (χ2v) is 6.05. The highest BCUT2D eigenvalue weighted by molar-refractivity contribution is 5.83. The summed E-state index contributed by atoms with van der Waals surface area (Å²) in [4.78, 5) is 35.1. The quantitative estimate of drug-likeness (QED) is 0.483. The first kappa shape index (κ1) is 19.2. The molecule has 0 bridgehead atoms. The van der Waals surface area contributed by atoms with Crippen LogP contribution in [0.2, 0.25) is 0 Å². The summed E-state index contributed by atoms with van der Waals surface area (Å²) in [7, 11) is 3.85. The van der Waals surface area contributed by atoms with Gasteiger partial charge in [-0.25, -0.2) is 9.59 Å². The molecule has 0 saturated carbocycles. The number of carbonyl (C=O) groups excluding carboxylic acids is 1. The van der Waals surface area contributed by atoms with Gasteiger partial charge in [0.05, 0.1) is 0 Å². The summed E-state index contributed by atoms with van der Waals surface area (Å²) in [6.45, 7) is 5.09. The van der Waals surface area contributed by atoms with Crippen LogP contribution in [0.25, 0.3) is 0 Å². The van der Waals surface area contributed by atoms with E-state index in [0.29, 0.717) is 6.54 Å². The molecule has 0 aromatic heterocycles. The lowest BCUT2D eigenvalue weighted by atomic mass is 9.93. The Bertz CT molecular complexity index is 382. The van der Waals surface area contributed by atoms with Gasteiger partial charge in [-0.1, -0.05) is 13.8 Å². The Hall–Kier alpha value is -1.83. The molecule has 0 rings (SSSR count). The number of carboxylic acid groups (broad SMARTS) is 2. The number of hydrogen-bond donors (Lipinski definition) is 4. The molecule has 8 nitrogen and oxygen atoms in total. The maximum Gasteiger partial charge on any atom is 0.326 e. The van der Waals surface area contributed by atoms with Gasteiger partial charge in [0.1, 0.15) is 6.04 Å². The number of amides is 2. The molecule has 21 heavy (non-hydrogen) atoms. The topological polar surface area (TPSA) is 119 Å². The van der Waals surface area contributed by atoms with E-state index in [-0.39, 0.29) is 18.3 Å². The molecule has 0 aliphatic heterocycles. The Kier molecular flexibility index (Phi) is 7.72. The van der Waals surface area contributed by atoms with Crippen LogP contribution in [0.4, 0.5) is 4.79 Å². The van der Waals surface area contributed by atoms with Crippen molar-refractivity contribution in [1.82, 2.24) is 15.5 Å². The Morgan fingerprint density at radius 1 is 1.19 bits per heavy atom. The number of carboxylic acids is 2. The van der Waals surface area contributed by atoms with Gasteiger partial charge in [-0.3, -0.25) is 4.79 Å². The van der Waals surface area contributed by atoms with E-state index in [1.807, 2.05) is 32.8 Å². The van der Waals surface area contributed by atoms with Crippen molar-refractivity contribution < 1.29 is 24.6 Å². The molecular weight excluding hydrogens is 278 g/mol. The summed E-state index contributed by atoms with van der Waals surface area (Å²) in [5.41, 5.74) is -0.166. The maximum atomic E-state index is 11.7. The van der Waals surface area contributed by atoms with Crippen molar-refractivity contribution >= 4 is 18.0 Å². The molecule has 0 aromatic rings. The summed E-state index contributed by atoms with van der Waals surface area (Å²) in [6.07, 6.45) is -0.470. The largest absolute Gasteiger partial charge is 0.481 e. The Morgan fingerprint density at radius 3 is 2.19 bits per heavy atom. The number of aliphatic carboxylic acids is 2. The zero-order valence-electron chi connectivity index (χ0n) is 13.0. The second kappa shape index (κ2) is 8.46. The number of urea groups is 1. The fraction of sp³-hybridized carbons (Fsp3) is 0.769. The first-order chi connectivity index (χ1) is 9.53. The molecule has 0 aromatic carbocycles. The molecular formula is C13H25N3O5. The van der Waals surface area contributed by atoms with Crippen molar-refractivity contribution in [3.8, 4) is 0 Å². The minimum absolute atomic E-state index is 0.154. The molecule has 1 atom stereocenters. The van der Waals surface area contributed by atoms with Gasteiger partial charge in [0.2, 0.25) is 0 Å². The van der Waals surface area contributed by atoms with Crippen molar-refractivity contribution in [1.29, 1.82) is 0 Å². The molecule has 0 heterocycles. The highest BCUT2D eigenvalue weighted by Crippen LogP contribution is 2.13. The van der Waals surface area contributed by atoms with Gasteiger partial charge in [-0.2, -0.15) is 0 Å².